The molecule has 3 rings (SSSR count). The number of aromatic amines is 1. The van der Waals surface area contributed by atoms with E-state index in [0.717, 1.165) is 16.5 Å². The summed E-state index contributed by atoms with van der Waals surface area (Å²) < 4.78 is 16.0. The van der Waals surface area contributed by atoms with Gasteiger partial charge in [0.15, 0.2) is 5.75 Å². The number of pyridine rings is 1. The van der Waals surface area contributed by atoms with Crippen molar-refractivity contribution in [2.45, 2.75) is 52.2 Å². The fourth-order valence-electron chi connectivity index (χ4n) is 3.31. The van der Waals surface area contributed by atoms with E-state index >= 15 is 0 Å². The van der Waals surface area contributed by atoms with Crippen LogP contribution in [0.1, 0.15) is 50.5 Å². The molecule has 8 heteroatoms. The summed E-state index contributed by atoms with van der Waals surface area (Å²) in [5.41, 5.74) is 1.10. The summed E-state index contributed by atoms with van der Waals surface area (Å²) in [4.78, 5) is 31.2. The Morgan fingerprint density at radius 1 is 1.09 bits per heavy atom. The normalized spacial score (nSPS) is 11.8. The summed E-state index contributed by atoms with van der Waals surface area (Å²) >= 11 is 0. The monoisotopic (exact) mass is 439 g/mol. The van der Waals surface area contributed by atoms with Crippen LogP contribution in [0.3, 0.4) is 0 Å². The van der Waals surface area contributed by atoms with Crippen LogP contribution in [0, 0.1) is 0 Å². The Bertz CT molecular complexity index is 1110. The van der Waals surface area contributed by atoms with Crippen molar-refractivity contribution >= 4 is 23.0 Å². The Balaban J connectivity index is 1.77. The molecule has 2 aromatic heterocycles. The van der Waals surface area contributed by atoms with E-state index < -0.39 is 23.2 Å². The van der Waals surface area contributed by atoms with Crippen LogP contribution in [-0.2, 0) is 15.9 Å². The Hall–Kier alpha value is -3.55. The van der Waals surface area contributed by atoms with Crippen molar-refractivity contribution in [3.8, 4) is 11.6 Å². The molecule has 32 heavy (non-hydrogen) atoms. The molecule has 0 fully saturated rings. The molecular formula is C24H29N3O5. The van der Waals surface area contributed by atoms with Gasteiger partial charge in [0.05, 0.1) is 18.2 Å². The number of carbonyl (C=O) groups excluding carboxylic acids is 2. The van der Waals surface area contributed by atoms with Gasteiger partial charge in [0.1, 0.15) is 5.60 Å². The summed E-state index contributed by atoms with van der Waals surface area (Å²) in [6.45, 7) is 9.39. The fraction of sp³-hybridized carbons (Fsp3) is 0.375. The summed E-state index contributed by atoms with van der Waals surface area (Å²) in [5, 5.41) is 3.91. The highest BCUT2D eigenvalue weighted by Gasteiger charge is 2.26. The third kappa shape index (κ3) is 5.78. The van der Waals surface area contributed by atoms with E-state index in [0.29, 0.717) is 23.6 Å². The average Bonchev–Trinajstić information content (AvgIpc) is 3.09. The molecule has 3 aromatic rings. The first-order chi connectivity index (χ1) is 15.0. The molecule has 0 aliphatic heterocycles. The largest absolute Gasteiger partial charge is 0.465 e. The summed E-state index contributed by atoms with van der Waals surface area (Å²) in [5.74, 6) is 0.501. The molecule has 0 bridgehead atoms. The maximum Gasteiger partial charge on any atom is 0.408 e. The predicted octanol–water partition coefficient (Wildman–Crippen LogP) is 4.99. The van der Waals surface area contributed by atoms with Gasteiger partial charge in [-0.15, -0.1) is 0 Å². The number of carbonyl (C=O) groups is 2. The van der Waals surface area contributed by atoms with Gasteiger partial charge < -0.3 is 24.5 Å². The number of benzene rings is 1. The van der Waals surface area contributed by atoms with Gasteiger partial charge in [-0.25, -0.2) is 14.6 Å². The Kier molecular flexibility index (Phi) is 6.43. The molecule has 1 aromatic carbocycles. The molecule has 0 spiro atoms. The number of esters is 1. The summed E-state index contributed by atoms with van der Waals surface area (Å²) in [6, 6.07) is 8.93. The van der Waals surface area contributed by atoms with E-state index in [9.17, 15) is 9.59 Å². The minimum absolute atomic E-state index is 0.347. The van der Waals surface area contributed by atoms with Gasteiger partial charge in [-0.2, -0.15) is 0 Å². The zero-order chi connectivity index (χ0) is 23.5. The van der Waals surface area contributed by atoms with Gasteiger partial charge in [0, 0.05) is 29.4 Å². The number of nitrogens with one attached hydrogen (secondary N) is 2. The lowest BCUT2D eigenvalue weighted by molar-refractivity contribution is 0.0471. The summed E-state index contributed by atoms with van der Waals surface area (Å²) in [6.07, 6.45) is 3.45. The maximum absolute atomic E-state index is 12.2. The Morgan fingerprint density at radius 2 is 1.84 bits per heavy atom. The molecule has 0 atom stereocenters. The number of methoxy groups -OCH3 is 1. The molecule has 2 heterocycles. The number of alkyl carbamates (subject to hydrolysis) is 1. The second kappa shape index (κ2) is 8.90. The highest BCUT2D eigenvalue weighted by Crippen LogP contribution is 2.32. The second-order valence-corrected chi connectivity index (χ2v) is 9.16. The molecule has 8 nitrogen and oxygen atoms in total. The van der Waals surface area contributed by atoms with Crippen LogP contribution >= 0.6 is 0 Å². The molecule has 170 valence electrons. The smallest absolute Gasteiger partial charge is 0.408 e. The standard InChI is InChI=1S/C24H29N3O5/c1-23(2,3)32-22(29)27-24(4,5)12-16-14-26-20-17(16)8-7-9-18(20)31-19-11-10-15(13-25-19)21(28)30-6/h7-11,13-14,26H,12H2,1-6H3,(H,27,29). The molecular weight excluding hydrogens is 410 g/mol. The topological polar surface area (TPSA) is 103 Å². The van der Waals surface area contributed by atoms with Gasteiger partial charge in [-0.3, -0.25) is 0 Å². The SMILES string of the molecule is COC(=O)c1ccc(Oc2cccc3c(CC(C)(C)NC(=O)OC(C)(C)C)c[nH]c23)nc1. The van der Waals surface area contributed by atoms with Crippen LogP contribution < -0.4 is 10.1 Å². The van der Waals surface area contributed by atoms with Gasteiger partial charge in [0.2, 0.25) is 5.88 Å². The van der Waals surface area contributed by atoms with Crippen molar-refractivity contribution in [3.05, 3.63) is 53.9 Å². The van der Waals surface area contributed by atoms with E-state index in [2.05, 4.69) is 20.0 Å². The number of hydrogen-bond donors (Lipinski definition) is 2. The van der Waals surface area contributed by atoms with Crippen LogP contribution in [-0.4, -0.2) is 40.3 Å². The van der Waals surface area contributed by atoms with E-state index in [-0.39, 0.29) is 0 Å². The van der Waals surface area contributed by atoms with Crippen LogP contribution in [0.15, 0.2) is 42.7 Å². The number of rotatable bonds is 6. The number of ether oxygens (including phenoxy) is 3. The summed E-state index contributed by atoms with van der Waals surface area (Å²) in [7, 11) is 1.32. The number of fused-ring (bicyclic) bond motifs is 1. The molecule has 0 saturated carbocycles. The Labute approximate surface area is 187 Å². The molecule has 1 amide bonds. The average molecular weight is 440 g/mol. The lowest BCUT2D eigenvalue weighted by Gasteiger charge is -2.28. The highest BCUT2D eigenvalue weighted by atomic mass is 16.6. The zero-order valence-corrected chi connectivity index (χ0v) is 19.2. The van der Waals surface area contributed by atoms with Crippen molar-refractivity contribution < 1.29 is 23.8 Å². The first-order valence-corrected chi connectivity index (χ1v) is 10.3. The molecule has 0 aliphatic carbocycles. The highest BCUT2D eigenvalue weighted by molar-refractivity contribution is 5.89. The predicted molar refractivity (Wildman–Crippen MR) is 121 cm³/mol. The number of nitrogens with zero attached hydrogens (tertiary/aromatic N) is 1. The van der Waals surface area contributed by atoms with Crippen molar-refractivity contribution in [1.29, 1.82) is 0 Å². The quantitative estimate of drug-likeness (QED) is 0.525. The minimum Gasteiger partial charge on any atom is -0.465 e. The van der Waals surface area contributed by atoms with Crippen LogP contribution in [0.5, 0.6) is 11.6 Å². The molecule has 2 N–H and O–H groups in total. The first kappa shape index (κ1) is 23.1. The van der Waals surface area contributed by atoms with Gasteiger partial charge in [-0.1, -0.05) is 12.1 Å². The first-order valence-electron chi connectivity index (χ1n) is 10.3. The second-order valence-electron chi connectivity index (χ2n) is 9.16. The lowest BCUT2D eigenvalue weighted by atomic mass is 9.95. The van der Waals surface area contributed by atoms with E-state index in [1.807, 2.05) is 59.0 Å². The number of amides is 1. The molecule has 0 radical (unpaired) electrons. The zero-order valence-electron chi connectivity index (χ0n) is 19.2. The van der Waals surface area contributed by atoms with E-state index in [4.69, 9.17) is 9.47 Å². The van der Waals surface area contributed by atoms with Crippen LogP contribution in [0.4, 0.5) is 4.79 Å². The molecule has 0 unspecified atom stereocenters. The van der Waals surface area contributed by atoms with Gasteiger partial charge >= 0.3 is 12.1 Å². The molecule has 0 saturated heterocycles. The molecule has 0 aliphatic rings. The third-order valence-electron chi connectivity index (χ3n) is 4.61. The van der Waals surface area contributed by atoms with Crippen LogP contribution in [0.2, 0.25) is 0 Å². The number of aromatic nitrogens is 2. The van der Waals surface area contributed by atoms with Gasteiger partial charge in [0.25, 0.3) is 0 Å². The van der Waals surface area contributed by atoms with Crippen LogP contribution in [0.25, 0.3) is 10.9 Å². The van der Waals surface area contributed by atoms with Crippen molar-refractivity contribution in [2.24, 2.45) is 0 Å². The van der Waals surface area contributed by atoms with Crippen molar-refractivity contribution in [2.75, 3.05) is 7.11 Å². The number of para-hydroxylation sites is 1. The lowest BCUT2D eigenvalue weighted by Crippen LogP contribution is -2.47. The van der Waals surface area contributed by atoms with E-state index in [1.165, 1.54) is 13.3 Å². The van der Waals surface area contributed by atoms with Crippen molar-refractivity contribution in [3.63, 3.8) is 0 Å². The van der Waals surface area contributed by atoms with Gasteiger partial charge in [-0.05, 0) is 58.7 Å². The van der Waals surface area contributed by atoms with Crippen molar-refractivity contribution in [1.82, 2.24) is 15.3 Å². The third-order valence-corrected chi connectivity index (χ3v) is 4.61. The fourth-order valence-corrected chi connectivity index (χ4v) is 3.31. The number of hydrogen-bond acceptors (Lipinski definition) is 6. The number of H-pyrrole nitrogens is 1. The van der Waals surface area contributed by atoms with E-state index in [1.54, 1.807) is 12.1 Å². The minimum atomic E-state index is -0.559. The maximum atomic E-state index is 12.2. The Morgan fingerprint density at radius 3 is 2.47 bits per heavy atom.